The monoisotopic (exact) mass is 466 g/mol. The third kappa shape index (κ3) is 4.90. The number of nitrogens with zero attached hydrogens (tertiary/aromatic N) is 4. The average Bonchev–Trinajstić information content (AvgIpc) is 3.09. The van der Waals surface area contributed by atoms with Gasteiger partial charge in [-0.05, 0) is 45.4 Å². The molecule has 1 saturated heterocycles. The molecule has 1 fully saturated rings. The number of aryl methyl sites for hydroxylation is 2. The maximum atomic E-state index is 13.2. The van der Waals surface area contributed by atoms with Crippen molar-refractivity contribution in [2.45, 2.75) is 52.6 Å². The molecular formula is C25H34N6O3. The lowest BCUT2D eigenvalue weighted by atomic mass is 10.0. The molecule has 4 rings (SSSR count). The first-order valence-electron chi connectivity index (χ1n) is 12.0. The van der Waals surface area contributed by atoms with Gasteiger partial charge in [-0.2, -0.15) is 5.10 Å². The van der Waals surface area contributed by atoms with Crippen LogP contribution in [0.2, 0.25) is 0 Å². The second kappa shape index (κ2) is 10.1. The van der Waals surface area contributed by atoms with Gasteiger partial charge in [-0.15, -0.1) is 0 Å². The van der Waals surface area contributed by atoms with Crippen molar-refractivity contribution in [3.05, 3.63) is 39.8 Å². The fraction of sp³-hybridized carbons (Fsp3) is 0.520. The maximum Gasteiger partial charge on any atom is 0.277 e. The maximum absolute atomic E-state index is 13.2. The van der Waals surface area contributed by atoms with Gasteiger partial charge in [0.2, 0.25) is 0 Å². The number of piperazine rings is 1. The third-order valence-electron chi connectivity index (χ3n) is 6.11. The van der Waals surface area contributed by atoms with E-state index in [1.54, 1.807) is 29.9 Å². The number of aromatic amines is 1. The van der Waals surface area contributed by atoms with E-state index in [0.29, 0.717) is 59.0 Å². The van der Waals surface area contributed by atoms with Crippen LogP contribution in [-0.4, -0.2) is 68.8 Å². The van der Waals surface area contributed by atoms with Gasteiger partial charge in [-0.3, -0.25) is 19.2 Å². The van der Waals surface area contributed by atoms with Crippen molar-refractivity contribution < 1.29 is 9.53 Å². The summed E-state index contributed by atoms with van der Waals surface area (Å²) in [5, 5.41) is 7.99. The van der Waals surface area contributed by atoms with E-state index in [-0.39, 0.29) is 11.3 Å². The largest absolute Gasteiger partial charge is 0.493 e. The van der Waals surface area contributed by atoms with Gasteiger partial charge < -0.3 is 15.0 Å². The fourth-order valence-electron chi connectivity index (χ4n) is 4.81. The van der Waals surface area contributed by atoms with Crippen molar-refractivity contribution in [3.8, 4) is 17.1 Å². The van der Waals surface area contributed by atoms with Crippen LogP contribution in [0.25, 0.3) is 22.4 Å². The van der Waals surface area contributed by atoms with Crippen molar-refractivity contribution in [1.82, 2.24) is 30.0 Å². The summed E-state index contributed by atoms with van der Waals surface area (Å²) < 4.78 is 7.40. The van der Waals surface area contributed by atoms with Crippen molar-refractivity contribution in [3.63, 3.8) is 0 Å². The Balaban J connectivity index is 1.73. The summed E-state index contributed by atoms with van der Waals surface area (Å²) in [5.74, 6) is 0.986. The molecule has 2 atom stereocenters. The summed E-state index contributed by atoms with van der Waals surface area (Å²) in [6.45, 7) is 10.7. The van der Waals surface area contributed by atoms with Crippen molar-refractivity contribution in [2.24, 2.45) is 7.05 Å². The number of Topliss-reactive ketones (excluding diaryl/α,β-unsaturated/α-hetero) is 1. The van der Waals surface area contributed by atoms with E-state index in [1.807, 2.05) is 6.92 Å². The number of carbonyl (C=O) groups excluding carboxylic acids is 1. The Morgan fingerprint density at radius 3 is 2.62 bits per heavy atom. The van der Waals surface area contributed by atoms with E-state index in [9.17, 15) is 9.59 Å². The highest BCUT2D eigenvalue weighted by molar-refractivity contribution is 5.99. The minimum Gasteiger partial charge on any atom is -0.493 e. The quantitative estimate of drug-likeness (QED) is 0.492. The zero-order valence-corrected chi connectivity index (χ0v) is 20.6. The predicted molar refractivity (Wildman–Crippen MR) is 133 cm³/mol. The van der Waals surface area contributed by atoms with Gasteiger partial charge in [0.25, 0.3) is 5.56 Å². The molecule has 3 heterocycles. The van der Waals surface area contributed by atoms with Crippen LogP contribution >= 0.6 is 0 Å². The number of aromatic nitrogens is 4. The summed E-state index contributed by atoms with van der Waals surface area (Å²) in [6.07, 6.45) is 1.62. The number of hydrogen-bond donors (Lipinski definition) is 2. The molecular weight excluding hydrogens is 432 g/mol. The van der Waals surface area contributed by atoms with E-state index >= 15 is 0 Å². The highest BCUT2D eigenvalue weighted by Crippen LogP contribution is 2.30. The van der Waals surface area contributed by atoms with E-state index in [4.69, 9.17) is 9.72 Å². The summed E-state index contributed by atoms with van der Waals surface area (Å²) in [6, 6.07) is 6.03. The molecule has 34 heavy (non-hydrogen) atoms. The summed E-state index contributed by atoms with van der Waals surface area (Å²) in [5.41, 5.74) is 2.73. The van der Waals surface area contributed by atoms with Crippen LogP contribution in [0.4, 0.5) is 0 Å². The first-order chi connectivity index (χ1) is 16.3. The Morgan fingerprint density at radius 2 is 1.94 bits per heavy atom. The Hall–Kier alpha value is -3.04. The highest BCUT2D eigenvalue weighted by atomic mass is 16.5. The Labute approximate surface area is 199 Å². The van der Waals surface area contributed by atoms with Gasteiger partial charge in [-0.25, -0.2) is 4.98 Å². The van der Waals surface area contributed by atoms with Gasteiger partial charge in [0.15, 0.2) is 11.3 Å². The number of carbonyl (C=O) groups is 1. The van der Waals surface area contributed by atoms with Gasteiger partial charge in [0.05, 0.1) is 24.4 Å². The predicted octanol–water partition coefficient (Wildman–Crippen LogP) is 2.54. The van der Waals surface area contributed by atoms with Gasteiger partial charge in [0, 0.05) is 37.8 Å². The molecule has 0 saturated carbocycles. The summed E-state index contributed by atoms with van der Waals surface area (Å²) >= 11 is 0. The molecule has 0 bridgehead atoms. The van der Waals surface area contributed by atoms with E-state index in [1.165, 1.54) is 0 Å². The first-order valence-corrected chi connectivity index (χ1v) is 12.0. The van der Waals surface area contributed by atoms with E-state index in [0.717, 1.165) is 31.6 Å². The van der Waals surface area contributed by atoms with Crippen LogP contribution < -0.4 is 15.6 Å². The molecule has 0 amide bonds. The molecule has 3 aromatic rings. The van der Waals surface area contributed by atoms with E-state index < -0.39 is 0 Å². The van der Waals surface area contributed by atoms with Crippen LogP contribution in [0.1, 0.15) is 50.2 Å². The molecule has 1 aliphatic rings. The molecule has 2 aromatic heterocycles. The molecule has 1 aliphatic heterocycles. The normalized spacial score (nSPS) is 19.0. The van der Waals surface area contributed by atoms with Crippen molar-refractivity contribution in [2.75, 3.05) is 26.2 Å². The fourth-order valence-corrected chi connectivity index (χ4v) is 4.81. The Morgan fingerprint density at radius 1 is 1.21 bits per heavy atom. The van der Waals surface area contributed by atoms with E-state index in [2.05, 4.69) is 41.1 Å². The second-order valence-corrected chi connectivity index (χ2v) is 9.16. The number of hydrogen-bond acceptors (Lipinski definition) is 7. The zero-order valence-electron chi connectivity index (χ0n) is 20.6. The Bertz CT molecular complexity index is 1240. The molecule has 182 valence electrons. The van der Waals surface area contributed by atoms with Crippen LogP contribution in [0, 0.1) is 0 Å². The second-order valence-electron chi connectivity index (χ2n) is 9.16. The molecule has 1 aromatic carbocycles. The standard InChI is InChI=1S/C25H34N6O3/c1-6-8-19-22-23(30(5)29-19)25(33)28-24(27-22)18-11-17(9-10-21(18)34-7-2)20(32)14-31-12-15(3)26-16(4)13-31/h9-11,15-16,26H,6-8,12-14H2,1-5H3,(H,27,28,33)/t15-,16+. The average molecular weight is 467 g/mol. The zero-order chi connectivity index (χ0) is 24.4. The lowest BCUT2D eigenvalue weighted by molar-refractivity contribution is 0.0888. The minimum absolute atomic E-state index is 0.0297. The van der Waals surface area contributed by atoms with Gasteiger partial charge in [0.1, 0.15) is 17.1 Å². The highest BCUT2D eigenvalue weighted by Gasteiger charge is 2.24. The molecule has 0 spiro atoms. The van der Waals surface area contributed by atoms with Crippen LogP contribution in [0.5, 0.6) is 5.75 Å². The molecule has 2 N–H and O–H groups in total. The minimum atomic E-state index is -0.264. The lowest BCUT2D eigenvalue weighted by Gasteiger charge is -2.35. The third-order valence-corrected chi connectivity index (χ3v) is 6.11. The summed E-state index contributed by atoms with van der Waals surface area (Å²) in [7, 11) is 1.75. The number of H-pyrrole nitrogens is 1. The topological polar surface area (TPSA) is 105 Å². The first kappa shape index (κ1) is 24.1. The molecule has 9 heteroatoms. The molecule has 9 nitrogen and oxygen atoms in total. The summed E-state index contributed by atoms with van der Waals surface area (Å²) in [4.78, 5) is 36.0. The van der Waals surface area contributed by atoms with Crippen LogP contribution in [0.15, 0.2) is 23.0 Å². The van der Waals surface area contributed by atoms with Crippen molar-refractivity contribution >= 4 is 16.8 Å². The smallest absolute Gasteiger partial charge is 0.277 e. The molecule has 0 radical (unpaired) electrons. The number of ether oxygens (including phenoxy) is 1. The van der Waals surface area contributed by atoms with Gasteiger partial charge >= 0.3 is 0 Å². The van der Waals surface area contributed by atoms with Crippen LogP contribution in [-0.2, 0) is 13.5 Å². The number of ketones is 1. The van der Waals surface area contributed by atoms with Crippen molar-refractivity contribution in [1.29, 1.82) is 0 Å². The van der Waals surface area contributed by atoms with Crippen LogP contribution in [0.3, 0.4) is 0 Å². The van der Waals surface area contributed by atoms with Gasteiger partial charge in [-0.1, -0.05) is 13.3 Å². The Kier molecular flexibility index (Phi) is 7.13. The number of nitrogens with one attached hydrogen (secondary N) is 2. The number of fused-ring (bicyclic) bond motifs is 1. The lowest BCUT2D eigenvalue weighted by Crippen LogP contribution is -2.55. The molecule has 0 aliphatic carbocycles. The SMILES string of the molecule is CCCc1nn(C)c2c(=O)[nH]c(-c3cc(C(=O)CN4C[C@@H](C)N[C@@H](C)C4)ccc3OCC)nc12. The number of rotatable bonds is 8. The molecule has 0 unspecified atom stereocenters. The number of benzene rings is 1.